The predicted molar refractivity (Wildman–Crippen MR) is 118 cm³/mol. The van der Waals surface area contributed by atoms with Gasteiger partial charge in [0.2, 0.25) is 0 Å². The van der Waals surface area contributed by atoms with Crippen LogP contribution in [0.3, 0.4) is 0 Å². The summed E-state index contributed by atoms with van der Waals surface area (Å²) >= 11 is 7.15. The standard InChI is InChI=1S/C25H20ClSi.2ClH.Zr/c1-2-14-27(26)22-15-16-8-7-13-21(23(16)25(22)27)24-19-11-5-3-9-17(19)18-10-4-6-12-20(18)24;;;/h3-13,15,24H,2,14H2,1H3;2*1H;/q-1;;;+3/p-2. The van der Waals surface area contributed by atoms with Crippen molar-refractivity contribution in [1.29, 1.82) is 0 Å². The molecule has 0 fully saturated rings. The average molecular weight is 546 g/mol. The summed E-state index contributed by atoms with van der Waals surface area (Å²) in [7, 11) is -1.82. The first-order valence-corrected chi connectivity index (χ1v) is 13.1. The van der Waals surface area contributed by atoms with E-state index in [1.54, 1.807) is 0 Å². The summed E-state index contributed by atoms with van der Waals surface area (Å²) < 4.78 is 0. The van der Waals surface area contributed by atoms with E-state index in [1.807, 2.05) is 0 Å². The van der Waals surface area contributed by atoms with Crippen LogP contribution in [-0.2, 0) is 26.2 Å². The molecule has 1 atom stereocenters. The fourth-order valence-corrected chi connectivity index (χ4v) is 10.6. The summed E-state index contributed by atoms with van der Waals surface area (Å²) in [5.74, 6) is 0.310. The van der Waals surface area contributed by atoms with E-state index in [4.69, 9.17) is 11.1 Å². The zero-order valence-corrected chi connectivity index (χ0v) is 22.3. The Morgan fingerprint density at radius 3 is 2.00 bits per heavy atom. The Morgan fingerprint density at radius 1 is 0.833 bits per heavy atom. The van der Waals surface area contributed by atoms with Gasteiger partial charge >= 0.3 is 26.2 Å². The van der Waals surface area contributed by atoms with Crippen LogP contribution in [0.5, 0.6) is 0 Å². The molecule has 0 amide bonds. The minimum absolute atomic E-state index is 0. The van der Waals surface area contributed by atoms with Gasteiger partial charge in [0.05, 0.1) is 0 Å². The SMILES string of the molecule is CCC[Si]1(Cl)c2[cH-]c3cccc(C4c5ccccc5-c5ccccc54)c3c21.[Cl-].[Cl-].[Zr+3]. The Hall–Kier alpha value is -0.760. The molecule has 1 unspecified atom stereocenters. The van der Waals surface area contributed by atoms with Gasteiger partial charge in [0, 0.05) is 5.92 Å². The van der Waals surface area contributed by atoms with Crippen molar-refractivity contribution >= 4 is 39.6 Å². The molecule has 0 spiro atoms. The number of hydrogen-bond acceptors (Lipinski definition) is 0. The third-order valence-corrected chi connectivity index (χ3v) is 11.7. The molecule has 4 aromatic carbocycles. The second kappa shape index (κ2) is 8.64. The van der Waals surface area contributed by atoms with Gasteiger partial charge in [-0.2, -0.15) is 11.1 Å². The second-order valence-corrected chi connectivity index (χ2v) is 13.0. The summed E-state index contributed by atoms with van der Waals surface area (Å²) in [6.45, 7) is 2.25. The molecule has 0 bridgehead atoms. The Bertz CT molecular complexity index is 1190. The summed E-state index contributed by atoms with van der Waals surface area (Å²) in [6, 6.07) is 28.2. The molecule has 0 nitrogen and oxygen atoms in total. The number of fused-ring (bicyclic) bond motifs is 6. The van der Waals surface area contributed by atoms with E-state index in [0.29, 0.717) is 5.92 Å². The molecule has 5 heteroatoms. The smallest absolute Gasteiger partial charge is 1.00 e. The zero-order chi connectivity index (χ0) is 18.2. The van der Waals surface area contributed by atoms with Crippen LogP contribution < -0.4 is 35.2 Å². The fraction of sp³-hybridized carbons (Fsp3) is 0.160. The number of rotatable bonds is 3. The van der Waals surface area contributed by atoms with E-state index in [9.17, 15) is 0 Å². The molecule has 0 aromatic heterocycles. The molecule has 1 heterocycles. The largest absolute Gasteiger partial charge is 3.00 e. The molecule has 2 aliphatic rings. The molecule has 6 rings (SSSR count). The minimum Gasteiger partial charge on any atom is -1.00 e. The van der Waals surface area contributed by atoms with Gasteiger partial charge in [-0.1, -0.05) is 73.5 Å². The molecule has 30 heavy (non-hydrogen) atoms. The van der Waals surface area contributed by atoms with Gasteiger partial charge in [0.1, 0.15) is 7.38 Å². The van der Waals surface area contributed by atoms with Crippen LogP contribution >= 0.6 is 11.1 Å². The molecular formula is C25H20Cl3SiZr. The number of benzene rings is 3. The third kappa shape index (κ3) is 3.14. The molecule has 149 valence electrons. The fourth-order valence-electron chi connectivity index (χ4n) is 5.33. The van der Waals surface area contributed by atoms with E-state index < -0.39 is 7.38 Å². The maximum absolute atomic E-state index is 7.15. The molecule has 4 aromatic rings. The Balaban J connectivity index is 0.000000853. The average Bonchev–Trinajstić information content (AvgIpc) is 3.02. The van der Waals surface area contributed by atoms with Crippen LogP contribution in [0.25, 0.3) is 21.9 Å². The van der Waals surface area contributed by atoms with Crippen LogP contribution in [0.15, 0.2) is 72.8 Å². The van der Waals surface area contributed by atoms with Crippen molar-refractivity contribution in [2.24, 2.45) is 0 Å². The Labute approximate surface area is 215 Å². The first-order chi connectivity index (χ1) is 13.2. The van der Waals surface area contributed by atoms with Crippen molar-refractivity contribution in [2.45, 2.75) is 25.3 Å². The van der Waals surface area contributed by atoms with Crippen molar-refractivity contribution in [3.05, 3.63) is 89.5 Å². The van der Waals surface area contributed by atoms with Gasteiger partial charge < -0.3 is 24.8 Å². The van der Waals surface area contributed by atoms with E-state index in [-0.39, 0.29) is 51.0 Å². The monoisotopic (exact) mass is 543 g/mol. The van der Waals surface area contributed by atoms with Crippen molar-refractivity contribution < 1.29 is 51.0 Å². The van der Waals surface area contributed by atoms with Crippen molar-refractivity contribution in [3.8, 4) is 11.1 Å². The van der Waals surface area contributed by atoms with Crippen LogP contribution in [0.4, 0.5) is 0 Å². The van der Waals surface area contributed by atoms with E-state index >= 15 is 0 Å². The van der Waals surface area contributed by atoms with Gasteiger partial charge in [-0.05, 0) is 28.3 Å². The zero-order valence-electron chi connectivity index (χ0n) is 16.6. The Morgan fingerprint density at radius 2 is 1.40 bits per heavy atom. The van der Waals surface area contributed by atoms with Crippen molar-refractivity contribution in [3.63, 3.8) is 0 Å². The van der Waals surface area contributed by atoms with Crippen LogP contribution in [0, 0.1) is 0 Å². The maximum Gasteiger partial charge on any atom is 3.00 e. The van der Waals surface area contributed by atoms with Crippen LogP contribution in [0.2, 0.25) is 6.04 Å². The van der Waals surface area contributed by atoms with E-state index in [0.717, 1.165) is 0 Å². The molecular weight excluding hydrogens is 526 g/mol. The van der Waals surface area contributed by atoms with Gasteiger partial charge in [0.25, 0.3) is 0 Å². The van der Waals surface area contributed by atoms with Crippen molar-refractivity contribution in [1.82, 2.24) is 0 Å². The minimum atomic E-state index is -1.82. The quantitative estimate of drug-likeness (QED) is 0.167. The predicted octanol–water partition coefficient (Wildman–Crippen LogP) is -0.253. The normalized spacial score (nSPS) is 17.8. The van der Waals surface area contributed by atoms with E-state index in [1.165, 1.54) is 61.4 Å². The molecule has 1 aliphatic heterocycles. The Kier molecular flexibility index (Phi) is 6.88. The summed E-state index contributed by atoms with van der Waals surface area (Å²) in [5, 5.41) is 5.85. The van der Waals surface area contributed by atoms with Gasteiger partial charge in [-0.3, -0.25) is 0 Å². The summed E-state index contributed by atoms with van der Waals surface area (Å²) in [4.78, 5) is 0. The molecule has 1 aliphatic carbocycles. The van der Waals surface area contributed by atoms with Gasteiger partial charge in [0.15, 0.2) is 0 Å². The van der Waals surface area contributed by atoms with Gasteiger partial charge in [-0.15, -0.1) is 39.3 Å². The molecule has 0 saturated carbocycles. The molecule has 0 saturated heterocycles. The summed E-state index contributed by atoms with van der Waals surface area (Å²) in [6.07, 6.45) is 1.17. The van der Waals surface area contributed by atoms with Crippen LogP contribution in [-0.4, -0.2) is 7.38 Å². The van der Waals surface area contributed by atoms with E-state index in [2.05, 4.69) is 79.7 Å². The van der Waals surface area contributed by atoms with Crippen molar-refractivity contribution in [2.75, 3.05) is 0 Å². The number of halogens is 3. The molecule has 1 radical (unpaired) electrons. The topological polar surface area (TPSA) is 0 Å². The first kappa shape index (κ1) is 23.9. The van der Waals surface area contributed by atoms with Gasteiger partial charge in [-0.25, -0.2) is 0 Å². The second-order valence-electron chi connectivity index (χ2n) is 7.90. The first-order valence-electron chi connectivity index (χ1n) is 9.84. The number of hydrogen-bond donors (Lipinski definition) is 0. The third-order valence-electron chi connectivity index (χ3n) is 6.45. The summed E-state index contributed by atoms with van der Waals surface area (Å²) in [5.41, 5.74) is 7.06. The molecule has 0 N–H and O–H groups in total. The van der Waals surface area contributed by atoms with Crippen LogP contribution in [0.1, 0.15) is 36.0 Å². The maximum atomic E-state index is 7.15.